The third kappa shape index (κ3) is 1.61. The fourth-order valence-electron chi connectivity index (χ4n) is 1.69. The fourth-order valence-corrected chi connectivity index (χ4v) is 2.76. The molecule has 0 saturated heterocycles. The highest BCUT2D eigenvalue weighted by Crippen LogP contribution is 2.38. The van der Waals surface area contributed by atoms with Crippen molar-refractivity contribution in [2.45, 2.75) is 6.92 Å². The molecule has 85 valence electrons. The lowest BCUT2D eigenvalue weighted by Gasteiger charge is -1.93. The average molecular weight is 265 g/mol. The van der Waals surface area contributed by atoms with Gasteiger partial charge in [-0.05, 0) is 31.2 Å². The third-order valence-electron chi connectivity index (χ3n) is 2.52. The van der Waals surface area contributed by atoms with Crippen LogP contribution in [0, 0.1) is 6.92 Å². The summed E-state index contributed by atoms with van der Waals surface area (Å²) in [6.45, 7) is 2.03. The molecular formula is C12H7ClNO2S. The Labute approximate surface area is 106 Å². The third-order valence-corrected chi connectivity index (χ3v) is 3.88. The maximum Gasteiger partial charge on any atom is 0.201 e. The van der Waals surface area contributed by atoms with Crippen LogP contribution in [0.1, 0.15) is 4.88 Å². The summed E-state index contributed by atoms with van der Waals surface area (Å²) in [5.74, 6) is -0.246. The number of hydrogen-bond donors (Lipinski definition) is 0. The highest BCUT2D eigenvalue weighted by atomic mass is 35.5. The minimum atomic E-state index is -0.246. The van der Waals surface area contributed by atoms with Gasteiger partial charge < -0.3 is 4.52 Å². The van der Waals surface area contributed by atoms with Gasteiger partial charge in [-0.1, -0.05) is 16.8 Å². The summed E-state index contributed by atoms with van der Waals surface area (Å²) in [5.41, 5.74) is 1.10. The first-order chi connectivity index (χ1) is 8.16. The van der Waals surface area contributed by atoms with Crippen molar-refractivity contribution >= 4 is 33.9 Å². The molecule has 0 saturated carbocycles. The standard InChI is InChI=1S/C12H7ClNO2S/c1-6-2-5-9(17-6)11-7-3-4-8(15)10(13)12(7)16-14-11/h2-5H,1H3. The van der Waals surface area contributed by atoms with Crippen LogP contribution in [-0.4, -0.2) is 5.16 Å². The first kappa shape index (κ1) is 10.6. The molecule has 0 atom stereocenters. The molecule has 0 fully saturated rings. The van der Waals surface area contributed by atoms with Gasteiger partial charge in [0.2, 0.25) is 5.75 Å². The molecule has 0 aliphatic rings. The van der Waals surface area contributed by atoms with E-state index >= 15 is 0 Å². The van der Waals surface area contributed by atoms with Gasteiger partial charge in [-0.25, -0.2) is 0 Å². The molecule has 2 aromatic heterocycles. The molecule has 0 aliphatic heterocycles. The number of halogens is 1. The maximum absolute atomic E-state index is 11.4. The van der Waals surface area contributed by atoms with Crippen molar-refractivity contribution in [3.05, 3.63) is 34.2 Å². The van der Waals surface area contributed by atoms with Crippen molar-refractivity contribution in [1.82, 2.24) is 5.16 Å². The van der Waals surface area contributed by atoms with Gasteiger partial charge in [0.1, 0.15) is 10.7 Å². The Morgan fingerprint density at radius 3 is 2.82 bits per heavy atom. The highest BCUT2D eigenvalue weighted by Gasteiger charge is 2.16. The largest absolute Gasteiger partial charge is 0.354 e. The van der Waals surface area contributed by atoms with Crippen molar-refractivity contribution in [2.75, 3.05) is 0 Å². The fraction of sp³-hybridized carbons (Fsp3) is 0.0833. The van der Waals surface area contributed by atoms with E-state index in [0.717, 1.165) is 16.0 Å². The number of aryl methyl sites for hydroxylation is 1. The summed E-state index contributed by atoms with van der Waals surface area (Å²) < 4.78 is 5.15. The number of benzene rings is 1. The average Bonchev–Trinajstić information content (AvgIpc) is 2.89. The number of nitrogens with zero attached hydrogens (tertiary/aromatic N) is 1. The number of hydrogen-bond acceptors (Lipinski definition) is 3. The monoisotopic (exact) mass is 264 g/mol. The molecule has 0 N–H and O–H groups in total. The van der Waals surface area contributed by atoms with Crippen molar-refractivity contribution in [3.8, 4) is 16.3 Å². The summed E-state index contributed by atoms with van der Waals surface area (Å²) in [7, 11) is 0. The van der Waals surface area contributed by atoms with E-state index in [0.29, 0.717) is 5.58 Å². The summed E-state index contributed by atoms with van der Waals surface area (Å²) in [5, 5.41) is 16.2. The lowest BCUT2D eigenvalue weighted by Crippen LogP contribution is -1.72. The van der Waals surface area contributed by atoms with Gasteiger partial charge in [0.15, 0.2) is 5.58 Å². The maximum atomic E-state index is 11.4. The van der Waals surface area contributed by atoms with E-state index in [9.17, 15) is 5.11 Å². The van der Waals surface area contributed by atoms with Crippen LogP contribution >= 0.6 is 22.9 Å². The van der Waals surface area contributed by atoms with Gasteiger partial charge in [0.05, 0.1) is 10.3 Å². The van der Waals surface area contributed by atoms with E-state index in [1.807, 2.05) is 19.1 Å². The van der Waals surface area contributed by atoms with Crippen LogP contribution < -0.4 is 0 Å². The zero-order valence-corrected chi connectivity index (χ0v) is 10.4. The summed E-state index contributed by atoms with van der Waals surface area (Å²) >= 11 is 7.52. The molecule has 5 heteroatoms. The molecule has 17 heavy (non-hydrogen) atoms. The molecule has 1 aromatic carbocycles. The lowest BCUT2D eigenvalue weighted by atomic mass is 10.2. The molecular weight excluding hydrogens is 258 g/mol. The first-order valence-corrected chi connectivity index (χ1v) is 6.18. The molecule has 0 bridgehead atoms. The van der Waals surface area contributed by atoms with Crippen molar-refractivity contribution in [3.63, 3.8) is 0 Å². The minimum absolute atomic E-state index is 0.0922. The van der Waals surface area contributed by atoms with E-state index in [1.54, 1.807) is 17.4 Å². The van der Waals surface area contributed by atoms with E-state index in [4.69, 9.17) is 16.1 Å². The quantitative estimate of drug-likeness (QED) is 0.641. The molecule has 0 unspecified atom stereocenters. The number of thiophene rings is 1. The van der Waals surface area contributed by atoms with Crippen LogP contribution in [0.5, 0.6) is 5.75 Å². The Hall–Kier alpha value is -1.52. The topological polar surface area (TPSA) is 45.9 Å². The normalized spacial score (nSPS) is 11.2. The zero-order valence-electron chi connectivity index (χ0n) is 8.86. The van der Waals surface area contributed by atoms with Crippen molar-refractivity contribution in [1.29, 1.82) is 0 Å². The molecule has 3 aromatic rings. The van der Waals surface area contributed by atoms with Gasteiger partial charge in [-0.3, -0.25) is 5.11 Å². The van der Waals surface area contributed by atoms with Gasteiger partial charge in [0.25, 0.3) is 0 Å². The summed E-state index contributed by atoms with van der Waals surface area (Å²) in [6.07, 6.45) is 0. The number of fused-ring (bicyclic) bond motifs is 1. The van der Waals surface area contributed by atoms with Crippen molar-refractivity contribution < 1.29 is 9.63 Å². The van der Waals surface area contributed by atoms with Crippen LogP contribution in [-0.2, 0) is 5.11 Å². The Morgan fingerprint density at radius 1 is 1.29 bits per heavy atom. The van der Waals surface area contributed by atoms with Crippen LogP contribution in [0.15, 0.2) is 28.8 Å². The van der Waals surface area contributed by atoms with E-state index < -0.39 is 0 Å². The van der Waals surface area contributed by atoms with E-state index in [2.05, 4.69) is 5.16 Å². The van der Waals surface area contributed by atoms with Crippen LogP contribution in [0.25, 0.3) is 21.5 Å². The molecule has 3 nitrogen and oxygen atoms in total. The Kier molecular flexibility index (Phi) is 2.34. The predicted octanol–water partition coefficient (Wildman–Crippen LogP) is 4.66. The Balaban J connectivity index is 2.29. The number of aromatic nitrogens is 1. The smallest absolute Gasteiger partial charge is 0.201 e. The molecule has 0 spiro atoms. The Bertz CT molecular complexity index is 702. The van der Waals surface area contributed by atoms with Crippen molar-refractivity contribution in [2.24, 2.45) is 0 Å². The molecule has 1 radical (unpaired) electrons. The van der Waals surface area contributed by atoms with E-state index in [-0.39, 0.29) is 10.8 Å². The molecule has 2 heterocycles. The SMILES string of the molecule is Cc1ccc(-c2noc3c(Cl)c([O])ccc23)s1. The zero-order chi connectivity index (χ0) is 12.0. The lowest BCUT2D eigenvalue weighted by molar-refractivity contribution is 0.354. The van der Waals surface area contributed by atoms with Crippen LogP contribution in [0.3, 0.4) is 0 Å². The second-order valence-electron chi connectivity index (χ2n) is 3.70. The number of rotatable bonds is 1. The molecule has 3 rings (SSSR count). The van der Waals surface area contributed by atoms with E-state index in [1.165, 1.54) is 10.9 Å². The second-order valence-corrected chi connectivity index (χ2v) is 5.36. The highest BCUT2D eigenvalue weighted by molar-refractivity contribution is 7.15. The molecule has 0 amide bonds. The van der Waals surface area contributed by atoms with Gasteiger partial charge in [-0.15, -0.1) is 11.3 Å². The Morgan fingerprint density at radius 2 is 2.12 bits per heavy atom. The van der Waals surface area contributed by atoms with Crippen LogP contribution in [0.2, 0.25) is 5.02 Å². The predicted molar refractivity (Wildman–Crippen MR) is 67.2 cm³/mol. The summed E-state index contributed by atoms with van der Waals surface area (Å²) in [6, 6.07) is 7.14. The summed E-state index contributed by atoms with van der Waals surface area (Å²) in [4.78, 5) is 2.21. The first-order valence-electron chi connectivity index (χ1n) is 4.98. The van der Waals surface area contributed by atoms with Gasteiger partial charge >= 0.3 is 0 Å². The van der Waals surface area contributed by atoms with Crippen LogP contribution in [0.4, 0.5) is 0 Å². The van der Waals surface area contributed by atoms with Gasteiger partial charge in [0, 0.05) is 4.88 Å². The van der Waals surface area contributed by atoms with Gasteiger partial charge in [-0.2, -0.15) is 0 Å². The minimum Gasteiger partial charge on any atom is -0.354 e. The molecule has 0 aliphatic carbocycles. The second kappa shape index (κ2) is 3.75.